The van der Waals surface area contributed by atoms with Crippen molar-refractivity contribution in [2.24, 2.45) is 11.7 Å². The second kappa shape index (κ2) is 9.75. The van der Waals surface area contributed by atoms with Crippen molar-refractivity contribution in [3.05, 3.63) is 29.3 Å². The Labute approximate surface area is 170 Å². The van der Waals surface area contributed by atoms with Gasteiger partial charge in [0.2, 0.25) is 0 Å². The van der Waals surface area contributed by atoms with Crippen LogP contribution in [0.5, 0.6) is 0 Å². The maximum Gasteiger partial charge on any atom is 0.250 e. The molecular formula is C23H37N3O2. The van der Waals surface area contributed by atoms with Gasteiger partial charge in [-0.1, -0.05) is 13.0 Å². The molecule has 0 spiro atoms. The lowest BCUT2D eigenvalue weighted by atomic mass is 9.80. The third-order valence-electron chi connectivity index (χ3n) is 6.85. The zero-order valence-corrected chi connectivity index (χ0v) is 17.8. The summed E-state index contributed by atoms with van der Waals surface area (Å²) in [6.45, 7) is 6.13. The van der Waals surface area contributed by atoms with Gasteiger partial charge in [-0.15, -0.1) is 0 Å². The minimum atomic E-state index is -0.316. The van der Waals surface area contributed by atoms with Crippen molar-refractivity contribution >= 4 is 11.6 Å². The van der Waals surface area contributed by atoms with E-state index in [0.29, 0.717) is 17.5 Å². The molecule has 2 aliphatic rings. The van der Waals surface area contributed by atoms with Gasteiger partial charge in [0, 0.05) is 38.5 Å². The number of benzene rings is 1. The largest absolute Gasteiger partial charge is 0.383 e. The first-order valence-electron chi connectivity index (χ1n) is 10.9. The van der Waals surface area contributed by atoms with Crippen LogP contribution in [-0.4, -0.2) is 57.2 Å². The fourth-order valence-electron chi connectivity index (χ4n) is 4.79. The van der Waals surface area contributed by atoms with E-state index < -0.39 is 0 Å². The maximum atomic E-state index is 12.0. The third kappa shape index (κ3) is 5.06. The van der Waals surface area contributed by atoms with E-state index in [9.17, 15) is 4.79 Å². The molecule has 0 unspecified atom stereocenters. The molecule has 0 aromatic heterocycles. The minimum absolute atomic E-state index is 0.316. The first-order valence-corrected chi connectivity index (χ1v) is 10.9. The molecule has 1 saturated heterocycles. The van der Waals surface area contributed by atoms with Crippen molar-refractivity contribution in [1.29, 1.82) is 0 Å². The van der Waals surface area contributed by atoms with Crippen LogP contribution in [0.25, 0.3) is 0 Å². The van der Waals surface area contributed by atoms with Gasteiger partial charge in [0.1, 0.15) is 0 Å². The van der Waals surface area contributed by atoms with Gasteiger partial charge in [-0.3, -0.25) is 4.79 Å². The summed E-state index contributed by atoms with van der Waals surface area (Å²) in [7, 11) is 3.97. The van der Waals surface area contributed by atoms with Crippen molar-refractivity contribution in [2.45, 2.75) is 57.4 Å². The number of anilines is 1. The zero-order chi connectivity index (χ0) is 20.1. The van der Waals surface area contributed by atoms with E-state index in [2.05, 4.69) is 35.9 Å². The molecule has 2 fully saturated rings. The van der Waals surface area contributed by atoms with Gasteiger partial charge in [-0.25, -0.2) is 0 Å². The average Bonchev–Trinajstić information content (AvgIpc) is 2.72. The molecule has 28 heavy (non-hydrogen) atoms. The molecule has 1 aliphatic heterocycles. The second-order valence-corrected chi connectivity index (χ2v) is 8.79. The van der Waals surface area contributed by atoms with E-state index in [-0.39, 0.29) is 5.91 Å². The Bertz CT molecular complexity index is 647. The number of hydrogen-bond donors (Lipinski definition) is 1. The Morgan fingerprint density at radius 3 is 2.46 bits per heavy atom. The second-order valence-electron chi connectivity index (χ2n) is 8.79. The number of piperidine rings is 1. The molecule has 1 amide bonds. The van der Waals surface area contributed by atoms with Gasteiger partial charge in [0.25, 0.3) is 5.91 Å². The number of likely N-dealkylation sites (N-methyl/N-ethyl adjacent to an activating group) is 1. The van der Waals surface area contributed by atoms with Crippen molar-refractivity contribution in [2.75, 3.05) is 45.3 Å². The van der Waals surface area contributed by atoms with E-state index >= 15 is 0 Å². The predicted octanol–water partition coefficient (Wildman–Crippen LogP) is 3.63. The van der Waals surface area contributed by atoms with Crippen molar-refractivity contribution in [3.8, 4) is 0 Å². The van der Waals surface area contributed by atoms with Crippen LogP contribution in [0.15, 0.2) is 18.2 Å². The van der Waals surface area contributed by atoms with Crippen LogP contribution in [0.3, 0.4) is 0 Å². The Balaban J connectivity index is 1.69. The Hall–Kier alpha value is -1.59. The predicted molar refractivity (Wildman–Crippen MR) is 115 cm³/mol. The molecule has 0 atom stereocenters. The van der Waals surface area contributed by atoms with Gasteiger partial charge in [0.05, 0.1) is 12.2 Å². The molecule has 3 rings (SSSR count). The van der Waals surface area contributed by atoms with Crippen LogP contribution in [0.4, 0.5) is 5.69 Å². The topological polar surface area (TPSA) is 58.8 Å². The SMILES string of the molecule is COCCN(C)C1CCC(c2ccc(C(N)=O)c(N3CCC(C)CC3)c2)CC1. The summed E-state index contributed by atoms with van der Waals surface area (Å²) in [6, 6.07) is 7.01. The number of nitrogens with zero attached hydrogens (tertiary/aromatic N) is 2. The summed E-state index contributed by atoms with van der Waals surface area (Å²) in [5, 5.41) is 0. The molecule has 2 N–H and O–H groups in total. The lowest BCUT2D eigenvalue weighted by Crippen LogP contribution is -2.37. The molecule has 1 aliphatic carbocycles. The van der Waals surface area contributed by atoms with Crippen LogP contribution in [0.2, 0.25) is 0 Å². The van der Waals surface area contributed by atoms with Crippen molar-refractivity contribution in [1.82, 2.24) is 4.90 Å². The van der Waals surface area contributed by atoms with E-state index in [1.54, 1.807) is 7.11 Å². The Morgan fingerprint density at radius 2 is 1.86 bits per heavy atom. The van der Waals surface area contributed by atoms with E-state index in [1.165, 1.54) is 44.1 Å². The molecule has 156 valence electrons. The van der Waals surface area contributed by atoms with Crippen LogP contribution >= 0.6 is 0 Å². The number of methoxy groups -OCH3 is 1. The highest BCUT2D eigenvalue weighted by Crippen LogP contribution is 2.37. The molecule has 0 radical (unpaired) electrons. The molecule has 1 heterocycles. The van der Waals surface area contributed by atoms with Crippen molar-refractivity contribution in [3.63, 3.8) is 0 Å². The van der Waals surface area contributed by atoms with E-state index in [1.807, 2.05) is 6.07 Å². The normalized spacial score (nSPS) is 23.9. The van der Waals surface area contributed by atoms with Crippen LogP contribution in [0.1, 0.15) is 67.3 Å². The molecule has 1 aromatic carbocycles. The Morgan fingerprint density at radius 1 is 1.18 bits per heavy atom. The zero-order valence-electron chi connectivity index (χ0n) is 17.8. The number of amides is 1. The van der Waals surface area contributed by atoms with E-state index in [4.69, 9.17) is 10.5 Å². The molecule has 5 nitrogen and oxygen atoms in total. The summed E-state index contributed by atoms with van der Waals surface area (Å²) in [6.07, 6.45) is 7.21. The van der Waals surface area contributed by atoms with Crippen molar-refractivity contribution < 1.29 is 9.53 Å². The highest BCUT2D eigenvalue weighted by atomic mass is 16.5. The highest BCUT2D eigenvalue weighted by Gasteiger charge is 2.27. The summed E-state index contributed by atoms with van der Waals surface area (Å²) < 4.78 is 5.22. The molecule has 1 saturated carbocycles. The monoisotopic (exact) mass is 387 g/mol. The summed E-state index contributed by atoms with van der Waals surface area (Å²) in [5.41, 5.74) is 8.78. The lowest BCUT2D eigenvalue weighted by molar-refractivity contribution is 0.100. The first kappa shape index (κ1) is 21.1. The highest BCUT2D eigenvalue weighted by molar-refractivity contribution is 5.98. The number of carbonyl (C=O) groups excluding carboxylic acids is 1. The fourth-order valence-corrected chi connectivity index (χ4v) is 4.79. The number of rotatable bonds is 7. The van der Waals surface area contributed by atoms with Crippen LogP contribution < -0.4 is 10.6 Å². The summed E-state index contributed by atoms with van der Waals surface area (Å²) in [5.74, 6) is 1.03. The van der Waals surface area contributed by atoms with Gasteiger partial charge < -0.3 is 20.3 Å². The van der Waals surface area contributed by atoms with Crippen LogP contribution in [-0.2, 0) is 4.74 Å². The Kier molecular flexibility index (Phi) is 7.36. The number of hydrogen-bond acceptors (Lipinski definition) is 4. The maximum absolute atomic E-state index is 12.0. The lowest BCUT2D eigenvalue weighted by Gasteiger charge is -2.36. The molecule has 0 bridgehead atoms. The summed E-state index contributed by atoms with van der Waals surface area (Å²) >= 11 is 0. The fraction of sp³-hybridized carbons (Fsp3) is 0.696. The summed E-state index contributed by atoms with van der Waals surface area (Å²) in [4.78, 5) is 16.8. The standard InChI is InChI=1S/C23H37N3O2/c1-17-10-12-26(13-11-17)22-16-19(6-9-21(22)23(24)27)18-4-7-20(8-5-18)25(2)14-15-28-3/h6,9,16-18,20H,4-5,7-8,10-15H2,1-3H3,(H2,24,27). The molecule has 1 aromatic rings. The average molecular weight is 388 g/mol. The smallest absolute Gasteiger partial charge is 0.250 e. The van der Waals surface area contributed by atoms with Gasteiger partial charge in [0.15, 0.2) is 0 Å². The quantitative estimate of drug-likeness (QED) is 0.776. The van der Waals surface area contributed by atoms with Gasteiger partial charge in [-0.2, -0.15) is 0 Å². The number of primary amides is 1. The third-order valence-corrected chi connectivity index (χ3v) is 6.85. The van der Waals surface area contributed by atoms with Gasteiger partial charge in [-0.05, 0) is 75.1 Å². The van der Waals surface area contributed by atoms with Crippen LogP contribution in [0, 0.1) is 5.92 Å². The molecule has 5 heteroatoms. The first-order chi connectivity index (χ1) is 13.5. The minimum Gasteiger partial charge on any atom is -0.383 e. The number of ether oxygens (including phenoxy) is 1. The van der Waals surface area contributed by atoms with E-state index in [0.717, 1.165) is 37.8 Å². The number of nitrogens with two attached hydrogens (primary N) is 1. The van der Waals surface area contributed by atoms with Gasteiger partial charge >= 0.3 is 0 Å². The molecular weight excluding hydrogens is 350 g/mol. The number of carbonyl (C=O) groups is 1.